The lowest BCUT2D eigenvalue weighted by Gasteiger charge is -2.35. The molecule has 0 radical (unpaired) electrons. The molecule has 0 saturated heterocycles. The van der Waals surface area contributed by atoms with E-state index >= 15 is 0 Å². The Labute approximate surface area is 175 Å². The molecule has 2 aliphatic rings. The van der Waals surface area contributed by atoms with Gasteiger partial charge in [-0.3, -0.25) is 4.79 Å². The van der Waals surface area contributed by atoms with E-state index in [2.05, 4.69) is 5.32 Å². The van der Waals surface area contributed by atoms with Gasteiger partial charge in [0, 0.05) is 24.5 Å². The summed E-state index contributed by atoms with van der Waals surface area (Å²) in [5.41, 5.74) is -0.538. The lowest BCUT2D eigenvalue weighted by Crippen LogP contribution is -2.45. The Hall–Kier alpha value is -2.25. The minimum Gasteiger partial charge on any atom is -0.444 e. The van der Waals surface area contributed by atoms with E-state index < -0.39 is 28.8 Å². The van der Waals surface area contributed by atoms with Crippen LogP contribution in [0.3, 0.4) is 0 Å². The zero-order chi connectivity index (χ0) is 22.3. The number of fused-ring (bicyclic) bond motifs is 1. The van der Waals surface area contributed by atoms with Crippen molar-refractivity contribution in [1.82, 2.24) is 10.2 Å². The van der Waals surface area contributed by atoms with Crippen LogP contribution in [0.25, 0.3) is 0 Å². The molecule has 1 aliphatic heterocycles. The van der Waals surface area contributed by atoms with Gasteiger partial charge >= 0.3 is 12.3 Å². The molecule has 0 aromatic heterocycles. The molecule has 0 spiro atoms. The number of nitrogens with one attached hydrogen (secondary N) is 1. The van der Waals surface area contributed by atoms with E-state index in [4.69, 9.17) is 4.74 Å². The van der Waals surface area contributed by atoms with E-state index in [1.165, 1.54) is 6.07 Å². The summed E-state index contributed by atoms with van der Waals surface area (Å²) in [6.07, 6.45) is -2.62. The fraction of sp³-hybridized carbons (Fsp3) is 0.636. The topological polar surface area (TPSA) is 58.6 Å². The minimum atomic E-state index is -4.40. The van der Waals surface area contributed by atoms with Crippen LogP contribution in [0.2, 0.25) is 0 Å². The van der Waals surface area contributed by atoms with E-state index in [1.54, 1.807) is 25.7 Å². The van der Waals surface area contributed by atoms with Crippen molar-refractivity contribution in [3.63, 3.8) is 0 Å². The normalized spacial score (nSPS) is 24.4. The third kappa shape index (κ3) is 5.08. The lowest BCUT2D eigenvalue weighted by atomic mass is 9.85. The van der Waals surface area contributed by atoms with Gasteiger partial charge in [0.15, 0.2) is 0 Å². The van der Waals surface area contributed by atoms with Gasteiger partial charge in [0.05, 0.1) is 5.56 Å². The van der Waals surface area contributed by atoms with Gasteiger partial charge in [-0.1, -0.05) is 13.0 Å². The average Bonchev–Trinajstić information content (AvgIpc) is 2.99. The van der Waals surface area contributed by atoms with E-state index in [0.717, 1.165) is 17.7 Å². The van der Waals surface area contributed by atoms with Crippen molar-refractivity contribution in [3.05, 3.63) is 34.9 Å². The van der Waals surface area contributed by atoms with E-state index in [1.807, 2.05) is 6.92 Å². The molecule has 1 aromatic rings. The van der Waals surface area contributed by atoms with Crippen molar-refractivity contribution < 1.29 is 27.5 Å². The number of hydrogen-bond donors (Lipinski definition) is 1. The predicted molar refractivity (Wildman–Crippen MR) is 106 cm³/mol. The molecule has 166 valence electrons. The SMILES string of the molecule is CC(C)(C)OC(=O)N[C@@H]1CC[C@](C)(C(=O)N2CCc3ccc(C(F)(F)F)cc3C2)C1. The van der Waals surface area contributed by atoms with Crippen molar-refractivity contribution in [3.8, 4) is 0 Å². The smallest absolute Gasteiger partial charge is 0.416 e. The van der Waals surface area contributed by atoms with Gasteiger partial charge in [-0.25, -0.2) is 4.79 Å². The highest BCUT2D eigenvalue weighted by molar-refractivity contribution is 5.83. The summed E-state index contributed by atoms with van der Waals surface area (Å²) < 4.78 is 44.4. The summed E-state index contributed by atoms with van der Waals surface area (Å²) in [6, 6.07) is 3.60. The number of rotatable bonds is 2. The molecule has 1 heterocycles. The van der Waals surface area contributed by atoms with Crippen LogP contribution in [0.4, 0.5) is 18.0 Å². The zero-order valence-corrected chi connectivity index (χ0v) is 17.9. The third-order valence-corrected chi connectivity index (χ3v) is 5.81. The monoisotopic (exact) mass is 426 g/mol. The Morgan fingerprint density at radius 2 is 1.90 bits per heavy atom. The second-order valence-electron chi connectivity index (χ2n) is 9.60. The van der Waals surface area contributed by atoms with Crippen LogP contribution in [0, 0.1) is 5.41 Å². The van der Waals surface area contributed by atoms with Gasteiger partial charge in [0.25, 0.3) is 0 Å². The number of alkyl carbamates (subject to hydrolysis) is 1. The van der Waals surface area contributed by atoms with Crippen LogP contribution in [0.15, 0.2) is 18.2 Å². The average molecular weight is 426 g/mol. The molecule has 1 aromatic carbocycles. The maximum atomic E-state index is 13.2. The van der Waals surface area contributed by atoms with Crippen molar-refractivity contribution in [2.24, 2.45) is 5.41 Å². The number of carbonyl (C=O) groups excluding carboxylic acids is 2. The van der Waals surface area contributed by atoms with Crippen LogP contribution in [0.5, 0.6) is 0 Å². The molecule has 5 nitrogen and oxygen atoms in total. The predicted octanol–water partition coefficient (Wildman–Crippen LogP) is 4.67. The highest BCUT2D eigenvalue weighted by atomic mass is 19.4. The summed E-state index contributed by atoms with van der Waals surface area (Å²) in [6.45, 7) is 7.89. The molecule has 0 bridgehead atoms. The molecule has 0 unspecified atom stereocenters. The summed E-state index contributed by atoms with van der Waals surface area (Å²) in [7, 11) is 0. The van der Waals surface area contributed by atoms with Crippen LogP contribution < -0.4 is 5.32 Å². The fourth-order valence-corrected chi connectivity index (χ4v) is 4.32. The van der Waals surface area contributed by atoms with Crippen LogP contribution in [-0.2, 0) is 28.7 Å². The molecular formula is C22H29F3N2O3. The molecule has 1 aliphatic carbocycles. The summed E-state index contributed by atoms with van der Waals surface area (Å²) in [5, 5.41) is 2.83. The zero-order valence-electron chi connectivity index (χ0n) is 17.9. The molecule has 8 heteroatoms. The first kappa shape index (κ1) is 22.4. The number of ether oxygens (including phenoxy) is 1. The standard InChI is InChI=1S/C22H29F3N2O3/c1-20(2,3)30-19(29)26-17-7-9-21(4,12-17)18(28)27-10-8-14-5-6-16(22(23,24)25)11-15(14)13-27/h5-6,11,17H,7-10,12-13H2,1-4H3,(H,26,29)/t17-,21+/m1/s1. The van der Waals surface area contributed by atoms with Gasteiger partial charge in [-0.15, -0.1) is 0 Å². The second kappa shape index (κ2) is 7.78. The third-order valence-electron chi connectivity index (χ3n) is 5.81. The Balaban J connectivity index is 1.65. The molecule has 3 rings (SSSR count). The first-order chi connectivity index (χ1) is 13.8. The first-order valence-corrected chi connectivity index (χ1v) is 10.2. The number of benzene rings is 1. The number of carbonyl (C=O) groups is 2. The van der Waals surface area contributed by atoms with Gasteiger partial charge in [0.1, 0.15) is 5.60 Å². The fourth-order valence-electron chi connectivity index (χ4n) is 4.32. The van der Waals surface area contributed by atoms with Crippen molar-refractivity contribution in [1.29, 1.82) is 0 Å². The second-order valence-corrected chi connectivity index (χ2v) is 9.60. The summed E-state index contributed by atoms with van der Waals surface area (Å²) >= 11 is 0. The summed E-state index contributed by atoms with van der Waals surface area (Å²) in [4.78, 5) is 26.9. The molecule has 2 atom stereocenters. The lowest BCUT2D eigenvalue weighted by molar-refractivity contribution is -0.142. The Morgan fingerprint density at radius 1 is 1.20 bits per heavy atom. The number of nitrogens with zero attached hydrogens (tertiary/aromatic N) is 1. The number of alkyl halides is 3. The Morgan fingerprint density at radius 3 is 2.53 bits per heavy atom. The quantitative estimate of drug-likeness (QED) is 0.748. The molecular weight excluding hydrogens is 397 g/mol. The Kier molecular flexibility index (Phi) is 5.82. The molecule has 2 amide bonds. The van der Waals surface area contributed by atoms with Crippen LogP contribution >= 0.6 is 0 Å². The van der Waals surface area contributed by atoms with Gasteiger partial charge in [0.2, 0.25) is 5.91 Å². The molecule has 1 N–H and O–H groups in total. The molecule has 30 heavy (non-hydrogen) atoms. The minimum absolute atomic E-state index is 0.0703. The highest BCUT2D eigenvalue weighted by Crippen LogP contribution is 2.41. The van der Waals surface area contributed by atoms with Crippen molar-refractivity contribution in [2.75, 3.05) is 6.54 Å². The van der Waals surface area contributed by atoms with E-state index in [0.29, 0.717) is 37.8 Å². The Bertz CT molecular complexity index is 832. The van der Waals surface area contributed by atoms with Gasteiger partial charge in [-0.2, -0.15) is 13.2 Å². The van der Waals surface area contributed by atoms with Crippen LogP contribution in [-0.4, -0.2) is 35.1 Å². The number of amides is 2. The van der Waals surface area contributed by atoms with Gasteiger partial charge in [-0.05, 0) is 69.7 Å². The molecule has 1 fully saturated rings. The van der Waals surface area contributed by atoms with Gasteiger partial charge < -0.3 is 15.0 Å². The van der Waals surface area contributed by atoms with E-state index in [-0.39, 0.29) is 18.5 Å². The number of halogens is 3. The van der Waals surface area contributed by atoms with Crippen molar-refractivity contribution in [2.45, 2.75) is 77.7 Å². The number of hydrogen-bond acceptors (Lipinski definition) is 3. The van der Waals surface area contributed by atoms with Crippen molar-refractivity contribution >= 4 is 12.0 Å². The largest absolute Gasteiger partial charge is 0.444 e. The van der Waals surface area contributed by atoms with Crippen LogP contribution in [0.1, 0.15) is 63.6 Å². The summed E-state index contributed by atoms with van der Waals surface area (Å²) in [5.74, 6) is -0.0703. The maximum Gasteiger partial charge on any atom is 0.416 e. The van der Waals surface area contributed by atoms with E-state index in [9.17, 15) is 22.8 Å². The maximum absolute atomic E-state index is 13.2. The first-order valence-electron chi connectivity index (χ1n) is 10.2. The highest BCUT2D eigenvalue weighted by Gasteiger charge is 2.44. The molecule has 1 saturated carbocycles.